The van der Waals surface area contributed by atoms with Crippen molar-refractivity contribution >= 4 is 11.6 Å². The molecular formula is C13H14N2O2. The molecule has 0 aliphatic heterocycles. The number of nitrogens with zero attached hydrogens (tertiary/aromatic N) is 1. The normalized spacial score (nSPS) is 17.4. The summed E-state index contributed by atoms with van der Waals surface area (Å²) in [6.07, 6.45) is 3.26. The molecule has 1 fully saturated rings. The summed E-state index contributed by atoms with van der Waals surface area (Å²) >= 11 is 0. The molecule has 1 aliphatic carbocycles. The summed E-state index contributed by atoms with van der Waals surface area (Å²) in [7, 11) is 0. The van der Waals surface area contributed by atoms with E-state index in [-0.39, 0.29) is 0 Å². The third-order valence-corrected chi connectivity index (χ3v) is 3.53. The molecule has 1 saturated carbocycles. The van der Waals surface area contributed by atoms with Gasteiger partial charge in [0.2, 0.25) is 0 Å². The maximum absolute atomic E-state index is 11.9. The Hall–Kier alpha value is -1.86. The number of carbonyl (C=O) groups is 1. The van der Waals surface area contributed by atoms with Crippen molar-refractivity contribution in [2.45, 2.75) is 31.1 Å². The molecule has 0 spiro atoms. The first-order chi connectivity index (χ1) is 8.24. The molecular weight excluding hydrogens is 216 g/mol. The quantitative estimate of drug-likeness (QED) is 0.466. The largest absolute Gasteiger partial charge is 0.289 e. The fourth-order valence-electron chi connectivity index (χ4n) is 2.68. The summed E-state index contributed by atoms with van der Waals surface area (Å²) in [5, 5.41) is 8.91. The minimum Gasteiger partial charge on any atom is -0.289 e. The number of rotatable bonds is 2. The van der Waals surface area contributed by atoms with Gasteiger partial charge in [-0.2, -0.15) is 0 Å². The van der Waals surface area contributed by atoms with Crippen molar-refractivity contribution < 1.29 is 10.0 Å². The monoisotopic (exact) mass is 230 g/mol. The van der Waals surface area contributed by atoms with Crippen molar-refractivity contribution in [2.24, 2.45) is 0 Å². The molecule has 17 heavy (non-hydrogen) atoms. The van der Waals surface area contributed by atoms with Gasteiger partial charge in [0.25, 0.3) is 5.91 Å². The highest BCUT2D eigenvalue weighted by atomic mass is 16.5. The smallest absolute Gasteiger partial charge is 0.252 e. The molecule has 1 aromatic carbocycles. The zero-order valence-electron chi connectivity index (χ0n) is 9.44. The summed E-state index contributed by atoms with van der Waals surface area (Å²) < 4.78 is 0. The number of carbonyl (C=O) groups excluding carboxylic acids is 1. The number of nitrogens with one attached hydrogen (secondary N) is 1. The number of hydroxylamine groups is 1. The van der Waals surface area contributed by atoms with Crippen LogP contribution in [0.1, 0.15) is 31.2 Å². The van der Waals surface area contributed by atoms with Crippen molar-refractivity contribution in [3.05, 3.63) is 41.2 Å². The SMILES string of the molecule is [C-]#[N+]c1ccccc1C1(C(=O)NO)CCCC1. The van der Waals surface area contributed by atoms with Gasteiger partial charge in [0, 0.05) is 0 Å². The Morgan fingerprint density at radius 3 is 2.59 bits per heavy atom. The third kappa shape index (κ3) is 1.79. The van der Waals surface area contributed by atoms with Gasteiger partial charge < -0.3 is 0 Å². The van der Waals surface area contributed by atoms with Crippen molar-refractivity contribution in [3.63, 3.8) is 0 Å². The Kier molecular flexibility index (Phi) is 3.12. The van der Waals surface area contributed by atoms with Crippen molar-refractivity contribution in [3.8, 4) is 0 Å². The minimum absolute atomic E-state index is 0.397. The van der Waals surface area contributed by atoms with E-state index in [1.165, 1.54) is 0 Å². The number of benzene rings is 1. The summed E-state index contributed by atoms with van der Waals surface area (Å²) in [5.74, 6) is -0.397. The molecule has 4 heteroatoms. The lowest BCUT2D eigenvalue weighted by Gasteiger charge is -2.28. The molecule has 0 bridgehead atoms. The predicted molar refractivity (Wildman–Crippen MR) is 62.8 cm³/mol. The molecule has 0 unspecified atom stereocenters. The van der Waals surface area contributed by atoms with E-state index < -0.39 is 11.3 Å². The van der Waals surface area contributed by atoms with E-state index in [1.54, 1.807) is 17.6 Å². The Morgan fingerprint density at radius 2 is 2.00 bits per heavy atom. The summed E-state index contributed by atoms with van der Waals surface area (Å²) in [4.78, 5) is 15.4. The summed E-state index contributed by atoms with van der Waals surface area (Å²) in [6.45, 7) is 7.16. The second-order valence-corrected chi connectivity index (χ2v) is 4.36. The topological polar surface area (TPSA) is 53.7 Å². The lowest BCUT2D eigenvalue weighted by molar-refractivity contribution is -0.135. The first kappa shape index (κ1) is 11.6. The molecule has 88 valence electrons. The Labute approximate surface area is 100 Å². The van der Waals surface area contributed by atoms with E-state index >= 15 is 0 Å². The van der Waals surface area contributed by atoms with Gasteiger partial charge in [-0.25, -0.2) is 10.3 Å². The zero-order valence-corrected chi connectivity index (χ0v) is 9.44. The van der Waals surface area contributed by atoms with Gasteiger partial charge >= 0.3 is 0 Å². The van der Waals surface area contributed by atoms with Gasteiger partial charge in [0.15, 0.2) is 5.69 Å². The van der Waals surface area contributed by atoms with Crippen LogP contribution in [0.25, 0.3) is 4.85 Å². The molecule has 2 N–H and O–H groups in total. The first-order valence-corrected chi connectivity index (χ1v) is 5.66. The van der Waals surface area contributed by atoms with Crippen LogP contribution in [-0.2, 0) is 10.2 Å². The van der Waals surface area contributed by atoms with E-state index in [4.69, 9.17) is 11.8 Å². The number of hydrogen-bond donors (Lipinski definition) is 2. The average molecular weight is 230 g/mol. The second kappa shape index (κ2) is 4.56. The Bertz CT molecular complexity index is 471. The van der Waals surface area contributed by atoms with Crippen LogP contribution < -0.4 is 5.48 Å². The molecule has 0 saturated heterocycles. The molecule has 1 aromatic rings. The zero-order chi connectivity index (χ0) is 12.3. The second-order valence-electron chi connectivity index (χ2n) is 4.36. The number of amides is 1. The molecule has 0 aromatic heterocycles. The van der Waals surface area contributed by atoms with Gasteiger partial charge in [-0.05, 0) is 18.4 Å². The van der Waals surface area contributed by atoms with Crippen LogP contribution >= 0.6 is 0 Å². The van der Waals surface area contributed by atoms with Gasteiger partial charge in [0.05, 0.1) is 12.0 Å². The molecule has 1 amide bonds. The number of hydrogen-bond acceptors (Lipinski definition) is 2. The van der Waals surface area contributed by atoms with E-state index in [9.17, 15) is 4.79 Å². The van der Waals surface area contributed by atoms with E-state index in [0.717, 1.165) is 18.4 Å². The van der Waals surface area contributed by atoms with Gasteiger partial charge in [-0.3, -0.25) is 10.0 Å². The molecule has 0 radical (unpaired) electrons. The lowest BCUT2D eigenvalue weighted by atomic mass is 9.77. The highest BCUT2D eigenvalue weighted by molar-refractivity contribution is 5.89. The van der Waals surface area contributed by atoms with E-state index in [0.29, 0.717) is 18.5 Å². The van der Waals surface area contributed by atoms with Crippen molar-refractivity contribution in [2.75, 3.05) is 0 Å². The van der Waals surface area contributed by atoms with E-state index in [2.05, 4.69) is 4.85 Å². The number of para-hydroxylation sites is 1. The van der Waals surface area contributed by atoms with E-state index in [1.807, 2.05) is 12.1 Å². The molecule has 2 rings (SSSR count). The van der Waals surface area contributed by atoms with Crippen LogP contribution in [0.4, 0.5) is 5.69 Å². The predicted octanol–water partition coefficient (Wildman–Crippen LogP) is 2.55. The van der Waals surface area contributed by atoms with Crippen LogP contribution in [0, 0.1) is 6.57 Å². The highest BCUT2D eigenvalue weighted by Gasteiger charge is 2.43. The fraction of sp³-hybridized carbons (Fsp3) is 0.385. The average Bonchev–Trinajstić information content (AvgIpc) is 2.88. The van der Waals surface area contributed by atoms with Gasteiger partial charge in [-0.15, -0.1) is 0 Å². The third-order valence-electron chi connectivity index (χ3n) is 3.53. The van der Waals surface area contributed by atoms with Crippen LogP contribution in [0.5, 0.6) is 0 Å². The summed E-state index contributed by atoms with van der Waals surface area (Å²) in [6, 6.07) is 7.14. The highest BCUT2D eigenvalue weighted by Crippen LogP contribution is 2.44. The maximum Gasteiger partial charge on any atom is 0.252 e. The molecule has 4 nitrogen and oxygen atoms in total. The van der Waals surface area contributed by atoms with Gasteiger partial charge in [0.1, 0.15) is 0 Å². The maximum atomic E-state index is 11.9. The van der Waals surface area contributed by atoms with Crippen LogP contribution in [0.3, 0.4) is 0 Å². The van der Waals surface area contributed by atoms with Gasteiger partial charge in [-0.1, -0.05) is 37.1 Å². The summed E-state index contributed by atoms with van der Waals surface area (Å²) in [5.41, 5.74) is 2.26. The van der Waals surface area contributed by atoms with Crippen LogP contribution in [-0.4, -0.2) is 11.1 Å². The van der Waals surface area contributed by atoms with Crippen LogP contribution in [0.15, 0.2) is 24.3 Å². The van der Waals surface area contributed by atoms with Crippen molar-refractivity contribution in [1.82, 2.24) is 5.48 Å². The standard InChI is InChI=1S/C13H14N2O2/c1-14-11-7-3-2-6-10(11)13(12(16)15-17)8-4-5-9-13/h2-3,6-7,17H,4-5,8-9H2,(H,15,16). The molecule has 0 atom stereocenters. The lowest BCUT2D eigenvalue weighted by Crippen LogP contribution is -2.41. The molecule has 1 aliphatic rings. The Balaban J connectivity index is 2.54. The fourth-order valence-corrected chi connectivity index (χ4v) is 2.68. The van der Waals surface area contributed by atoms with Crippen LogP contribution in [0.2, 0.25) is 0 Å². The first-order valence-electron chi connectivity index (χ1n) is 5.66. The van der Waals surface area contributed by atoms with Crippen molar-refractivity contribution in [1.29, 1.82) is 0 Å². The Morgan fingerprint density at radius 1 is 1.35 bits per heavy atom. The molecule has 0 heterocycles. The minimum atomic E-state index is -0.726.